The van der Waals surface area contributed by atoms with E-state index in [2.05, 4.69) is 22.3 Å². The summed E-state index contributed by atoms with van der Waals surface area (Å²) in [6.07, 6.45) is 3.16. The molecule has 0 saturated carbocycles. The van der Waals surface area contributed by atoms with E-state index >= 15 is 0 Å². The third kappa shape index (κ3) is 4.54. The van der Waals surface area contributed by atoms with Gasteiger partial charge in [-0.15, -0.1) is 0 Å². The summed E-state index contributed by atoms with van der Waals surface area (Å²) in [5, 5.41) is 3.71. The zero-order valence-electron chi connectivity index (χ0n) is 14.2. The van der Waals surface area contributed by atoms with Gasteiger partial charge in [0.25, 0.3) is 0 Å². The van der Waals surface area contributed by atoms with Gasteiger partial charge in [0.1, 0.15) is 5.69 Å². The molecule has 0 aliphatic carbocycles. The summed E-state index contributed by atoms with van der Waals surface area (Å²) in [6.45, 7) is 0. The van der Waals surface area contributed by atoms with E-state index in [1.165, 1.54) is 5.56 Å². The highest BCUT2D eigenvalue weighted by Crippen LogP contribution is 2.14. The number of benzene rings is 2. The van der Waals surface area contributed by atoms with Crippen LogP contribution < -0.4 is 5.73 Å². The fraction of sp³-hybridized carbons (Fsp3) is 0.0952. The zero-order valence-corrected chi connectivity index (χ0v) is 14.2. The van der Waals surface area contributed by atoms with Crippen molar-refractivity contribution in [1.82, 2.24) is 4.98 Å². The molecule has 0 spiro atoms. The van der Waals surface area contributed by atoms with Crippen molar-refractivity contribution in [1.29, 1.82) is 0 Å². The molecular formula is C21H19N3O2. The van der Waals surface area contributed by atoms with Crippen molar-refractivity contribution in [2.45, 2.75) is 12.8 Å². The number of aryl methyl sites for hydroxylation is 2. The topological polar surface area (TPSA) is 77.6 Å². The molecule has 3 rings (SSSR count). The third-order valence-electron chi connectivity index (χ3n) is 3.92. The van der Waals surface area contributed by atoms with Gasteiger partial charge in [-0.05, 0) is 42.2 Å². The SMILES string of the molecule is N/C(=N\OC(=O)c1ccccc1CCc1ccccc1)c1ccccn1. The molecule has 26 heavy (non-hydrogen) atoms. The van der Waals surface area contributed by atoms with Gasteiger partial charge in [-0.25, -0.2) is 4.79 Å². The first-order chi connectivity index (χ1) is 12.7. The molecule has 3 aromatic rings. The van der Waals surface area contributed by atoms with Crippen LogP contribution in [0.1, 0.15) is 27.2 Å². The predicted octanol–water partition coefficient (Wildman–Crippen LogP) is 3.34. The first kappa shape index (κ1) is 17.4. The lowest BCUT2D eigenvalue weighted by Crippen LogP contribution is -2.17. The largest absolute Gasteiger partial charge is 0.379 e. The van der Waals surface area contributed by atoms with Crippen LogP contribution in [-0.4, -0.2) is 16.8 Å². The van der Waals surface area contributed by atoms with Crippen LogP contribution in [0.15, 0.2) is 84.1 Å². The molecule has 130 valence electrons. The van der Waals surface area contributed by atoms with Crippen LogP contribution in [0.25, 0.3) is 0 Å². The number of amidine groups is 1. The average Bonchev–Trinajstić information content (AvgIpc) is 2.72. The summed E-state index contributed by atoms with van der Waals surface area (Å²) in [7, 11) is 0. The van der Waals surface area contributed by atoms with E-state index in [1.807, 2.05) is 30.3 Å². The monoisotopic (exact) mass is 345 g/mol. The molecule has 5 nitrogen and oxygen atoms in total. The molecule has 0 bridgehead atoms. The Bertz CT molecular complexity index is 893. The predicted molar refractivity (Wildman–Crippen MR) is 101 cm³/mol. The molecule has 2 aromatic carbocycles. The van der Waals surface area contributed by atoms with Crippen molar-refractivity contribution in [3.8, 4) is 0 Å². The highest BCUT2D eigenvalue weighted by Gasteiger charge is 2.13. The van der Waals surface area contributed by atoms with Gasteiger partial charge in [-0.3, -0.25) is 4.98 Å². The van der Waals surface area contributed by atoms with E-state index in [1.54, 1.807) is 36.5 Å². The van der Waals surface area contributed by atoms with Gasteiger partial charge >= 0.3 is 5.97 Å². The summed E-state index contributed by atoms with van der Waals surface area (Å²) >= 11 is 0. The molecule has 0 fully saturated rings. The molecule has 0 amide bonds. The zero-order chi connectivity index (χ0) is 18.2. The Morgan fingerprint density at radius 2 is 1.65 bits per heavy atom. The number of oxime groups is 1. The lowest BCUT2D eigenvalue weighted by atomic mass is 10.00. The number of carbonyl (C=O) groups excluding carboxylic acids is 1. The molecule has 1 aromatic heterocycles. The minimum Gasteiger partial charge on any atom is -0.379 e. The van der Waals surface area contributed by atoms with E-state index in [9.17, 15) is 4.79 Å². The molecule has 5 heteroatoms. The highest BCUT2D eigenvalue weighted by atomic mass is 16.7. The maximum absolute atomic E-state index is 12.4. The molecular weight excluding hydrogens is 326 g/mol. The summed E-state index contributed by atoms with van der Waals surface area (Å²) in [5.41, 5.74) is 8.87. The lowest BCUT2D eigenvalue weighted by Gasteiger charge is -2.07. The quantitative estimate of drug-likeness (QED) is 0.322. The van der Waals surface area contributed by atoms with Crippen molar-refractivity contribution in [3.63, 3.8) is 0 Å². The minimum atomic E-state index is -0.535. The Balaban J connectivity index is 1.69. The Morgan fingerprint density at radius 1 is 0.923 bits per heavy atom. The Kier molecular flexibility index (Phi) is 5.72. The summed E-state index contributed by atoms with van der Waals surface area (Å²) in [6, 6.07) is 22.7. The summed E-state index contributed by atoms with van der Waals surface area (Å²) in [5.74, 6) is -0.478. The fourth-order valence-electron chi connectivity index (χ4n) is 2.56. The normalized spacial score (nSPS) is 11.2. The van der Waals surface area contributed by atoms with E-state index < -0.39 is 5.97 Å². The van der Waals surface area contributed by atoms with Gasteiger partial charge in [-0.1, -0.05) is 59.8 Å². The van der Waals surface area contributed by atoms with E-state index in [-0.39, 0.29) is 5.84 Å². The average molecular weight is 345 g/mol. The van der Waals surface area contributed by atoms with Crippen LogP contribution in [-0.2, 0) is 17.7 Å². The summed E-state index contributed by atoms with van der Waals surface area (Å²) in [4.78, 5) is 21.5. The summed E-state index contributed by atoms with van der Waals surface area (Å²) < 4.78 is 0. The number of rotatable bonds is 6. The van der Waals surface area contributed by atoms with Gasteiger partial charge in [0.05, 0.1) is 5.56 Å². The molecule has 2 N–H and O–H groups in total. The smallest absolute Gasteiger partial charge is 0.366 e. The third-order valence-corrected chi connectivity index (χ3v) is 3.92. The van der Waals surface area contributed by atoms with Crippen LogP contribution in [0.5, 0.6) is 0 Å². The van der Waals surface area contributed by atoms with Crippen LogP contribution >= 0.6 is 0 Å². The van der Waals surface area contributed by atoms with E-state index in [0.29, 0.717) is 11.3 Å². The second-order valence-electron chi connectivity index (χ2n) is 5.71. The van der Waals surface area contributed by atoms with E-state index in [4.69, 9.17) is 10.6 Å². The Labute approximate surface area is 152 Å². The van der Waals surface area contributed by atoms with Gasteiger partial charge in [-0.2, -0.15) is 0 Å². The first-order valence-electron chi connectivity index (χ1n) is 8.32. The molecule has 1 heterocycles. The van der Waals surface area contributed by atoms with Gasteiger partial charge in [0, 0.05) is 6.20 Å². The van der Waals surface area contributed by atoms with Crippen LogP contribution in [0.4, 0.5) is 0 Å². The molecule has 0 aliphatic rings. The van der Waals surface area contributed by atoms with Crippen molar-refractivity contribution < 1.29 is 9.63 Å². The van der Waals surface area contributed by atoms with Gasteiger partial charge < -0.3 is 10.6 Å². The maximum Gasteiger partial charge on any atom is 0.366 e. The number of hydrogen-bond acceptors (Lipinski definition) is 4. The number of nitrogens with zero attached hydrogens (tertiary/aromatic N) is 2. The number of carbonyl (C=O) groups is 1. The molecule has 0 radical (unpaired) electrons. The van der Waals surface area contributed by atoms with Crippen molar-refractivity contribution in [3.05, 3.63) is 101 Å². The van der Waals surface area contributed by atoms with Crippen molar-refractivity contribution >= 4 is 11.8 Å². The van der Waals surface area contributed by atoms with Crippen molar-refractivity contribution in [2.75, 3.05) is 0 Å². The van der Waals surface area contributed by atoms with Gasteiger partial charge in [0.2, 0.25) is 0 Å². The number of hydrogen-bond donors (Lipinski definition) is 1. The lowest BCUT2D eigenvalue weighted by molar-refractivity contribution is 0.0514. The number of pyridine rings is 1. The first-order valence-corrected chi connectivity index (χ1v) is 8.32. The number of aromatic nitrogens is 1. The fourth-order valence-corrected chi connectivity index (χ4v) is 2.56. The minimum absolute atomic E-state index is 0.0562. The second-order valence-corrected chi connectivity index (χ2v) is 5.71. The molecule has 0 atom stereocenters. The Morgan fingerprint density at radius 3 is 2.42 bits per heavy atom. The van der Waals surface area contributed by atoms with E-state index in [0.717, 1.165) is 18.4 Å². The van der Waals surface area contributed by atoms with Crippen LogP contribution in [0.3, 0.4) is 0 Å². The van der Waals surface area contributed by atoms with Crippen LogP contribution in [0.2, 0.25) is 0 Å². The molecule has 0 unspecified atom stereocenters. The van der Waals surface area contributed by atoms with Gasteiger partial charge in [0.15, 0.2) is 5.84 Å². The maximum atomic E-state index is 12.4. The molecule has 0 saturated heterocycles. The van der Waals surface area contributed by atoms with Crippen LogP contribution in [0, 0.1) is 0 Å². The number of nitrogens with two attached hydrogens (primary N) is 1. The van der Waals surface area contributed by atoms with Crippen molar-refractivity contribution in [2.24, 2.45) is 10.9 Å². The Hall–Kier alpha value is -3.47. The second kappa shape index (κ2) is 8.58. The molecule has 0 aliphatic heterocycles. The standard InChI is InChI=1S/C21H19N3O2/c22-20(19-12-6-7-15-23-19)24-26-21(25)18-11-5-4-10-17(18)14-13-16-8-2-1-3-9-16/h1-12,15H,13-14H2,(H2,22,24). The highest BCUT2D eigenvalue weighted by molar-refractivity contribution is 5.96.